The zero-order valence-corrected chi connectivity index (χ0v) is 9.58. The van der Waals surface area contributed by atoms with E-state index in [4.69, 9.17) is 10.7 Å². The highest BCUT2D eigenvalue weighted by molar-refractivity contribution is 5.49. The summed E-state index contributed by atoms with van der Waals surface area (Å²) in [4.78, 5) is 11.4. The van der Waals surface area contributed by atoms with Gasteiger partial charge in [-0.25, -0.2) is 4.98 Å². The number of aryl methyl sites for hydroxylation is 1. The van der Waals surface area contributed by atoms with E-state index in [1.54, 1.807) is 0 Å². The van der Waals surface area contributed by atoms with Gasteiger partial charge in [0.25, 0.3) is 0 Å². The Morgan fingerprint density at radius 1 is 0.938 bits per heavy atom. The second-order valence-corrected chi connectivity index (χ2v) is 4.74. The van der Waals surface area contributed by atoms with Gasteiger partial charge in [-0.1, -0.05) is 0 Å². The van der Waals surface area contributed by atoms with E-state index in [-0.39, 0.29) is 0 Å². The quantitative estimate of drug-likeness (QED) is 0.776. The molecule has 86 valence electrons. The molecule has 0 bridgehead atoms. The molecule has 4 heteroatoms. The van der Waals surface area contributed by atoms with Crippen LogP contribution in [0.1, 0.15) is 36.9 Å². The van der Waals surface area contributed by atoms with E-state index < -0.39 is 0 Å². The van der Waals surface area contributed by atoms with Crippen molar-refractivity contribution in [1.82, 2.24) is 9.97 Å². The Morgan fingerprint density at radius 3 is 2.50 bits per heavy atom. The number of nitrogen functional groups attached to an aromatic ring is 1. The highest BCUT2D eigenvalue weighted by atomic mass is 15.3. The van der Waals surface area contributed by atoms with Crippen molar-refractivity contribution in [3.63, 3.8) is 0 Å². The maximum Gasteiger partial charge on any atom is 0.227 e. The third-order valence-electron chi connectivity index (χ3n) is 3.59. The van der Waals surface area contributed by atoms with Crippen molar-refractivity contribution in [3.05, 3.63) is 11.3 Å². The van der Waals surface area contributed by atoms with Crippen LogP contribution in [0, 0.1) is 0 Å². The summed E-state index contributed by atoms with van der Waals surface area (Å²) < 4.78 is 0. The van der Waals surface area contributed by atoms with Crippen molar-refractivity contribution >= 4 is 11.8 Å². The molecule has 1 fully saturated rings. The molecule has 2 N–H and O–H groups in total. The summed E-state index contributed by atoms with van der Waals surface area (Å²) in [6.45, 7) is 2.16. The molecule has 1 aliphatic heterocycles. The third-order valence-corrected chi connectivity index (χ3v) is 3.59. The van der Waals surface area contributed by atoms with E-state index in [1.807, 2.05) is 0 Å². The molecule has 1 aromatic heterocycles. The SMILES string of the molecule is Nc1nc(N2CCCC2)nc2c1CCCC2. The van der Waals surface area contributed by atoms with Crippen LogP contribution in [0.3, 0.4) is 0 Å². The van der Waals surface area contributed by atoms with Crippen molar-refractivity contribution in [1.29, 1.82) is 0 Å². The summed E-state index contributed by atoms with van der Waals surface area (Å²) in [5.41, 5.74) is 8.43. The lowest BCUT2D eigenvalue weighted by molar-refractivity contribution is 0.662. The van der Waals surface area contributed by atoms with E-state index in [0.29, 0.717) is 5.82 Å². The maximum absolute atomic E-state index is 6.03. The van der Waals surface area contributed by atoms with Crippen molar-refractivity contribution in [2.45, 2.75) is 38.5 Å². The van der Waals surface area contributed by atoms with Gasteiger partial charge in [0.15, 0.2) is 0 Å². The first-order chi connectivity index (χ1) is 7.84. The normalized spacial score (nSPS) is 19.9. The van der Waals surface area contributed by atoms with Crippen LogP contribution in [-0.2, 0) is 12.8 Å². The van der Waals surface area contributed by atoms with Crippen molar-refractivity contribution < 1.29 is 0 Å². The maximum atomic E-state index is 6.03. The predicted octanol–water partition coefficient (Wildman–Crippen LogP) is 1.54. The number of hydrogen-bond donors (Lipinski definition) is 1. The van der Waals surface area contributed by atoms with Gasteiger partial charge < -0.3 is 10.6 Å². The molecule has 1 aliphatic carbocycles. The van der Waals surface area contributed by atoms with Gasteiger partial charge in [-0.3, -0.25) is 0 Å². The summed E-state index contributed by atoms with van der Waals surface area (Å²) >= 11 is 0. The number of nitrogens with two attached hydrogens (primary N) is 1. The Morgan fingerprint density at radius 2 is 1.69 bits per heavy atom. The van der Waals surface area contributed by atoms with E-state index in [0.717, 1.165) is 31.9 Å². The minimum atomic E-state index is 0.714. The fourth-order valence-electron chi connectivity index (χ4n) is 2.67. The lowest BCUT2D eigenvalue weighted by Gasteiger charge is -2.21. The number of aromatic nitrogens is 2. The molecule has 3 rings (SSSR count). The topological polar surface area (TPSA) is 55.0 Å². The van der Waals surface area contributed by atoms with Crippen LogP contribution in [-0.4, -0.2) is 23.1 Å². The first-order valence-corrected chi connectivity index (χ1v) is 6.25. The Hall–Kier alpha value is -1.32. The third kappa shape index (κ3) is 1.62. The van der Waals surface area contributed by atoms with Crippen molar-refractivity contribution in [3.8, 4) is 0 Å². The largest absolute Gasteiger partial charge is 0.383 e. The first-order valence-electron chi connectivity index (χ1n) is 6.25. The molecule has 1 saturated heterocycles. The molecule has 4 nitrogen and oxygen atoms in total. The van der Waals surface area contributed by atoms with Gasteiger partial charge in [-0.2, -0.15) is 4.98 Å². The number of rotatable bonds is 1. The molecule has 0 spiro atoms. The van der Waals surface area contributed by atoms with Crippen LogP contribution in [0.5, 0.6) is 0 Å². The van der Waals surface area contributed by atoms with Gasteiger partial charge in [0.05, 0.1) is 5.69 Å². The highest BCUT2D eigenvalue weighted by Crippen LogP contribution is 2.26. The van der Waals surface area contributed by atoms with Crippen LogP contribution in [0.2, 0.25) is 0 Å². The Bertz CT molecular complexity index is 396. The minimum absolute atomic E-state index is 0.714. The number of anilines is 2. The zero-order valence-electron chi connectivity index (χ0n) is 9.58. The Kier molecular flexibility index (Phi) is 2.42. The van der Waals surface area contributed by atoms with Gasteiger partial charge in [0.2, 0.25) is 5.95 Å². The van der Waals surface area contributed by atoms with E-state index in [9.17, 15) is 0 Å². The van der Waals surface area contributed by atoms with E-state index in [2.05, 4.69) is 9.88 Å². The fraction of sp³-hybridized carbons (Fsp3) is 0.667. The lowest BCUT2D eigenvalue weighted by atomic mass is 9.96. The molecular weight excluding hydrogens is 200 g/mol. The average Bonchev–Trinajstić information content (AvgIpc) is 2.82. The smallest absolute Gasteiger partial charge is 0.227 e. The van der Waals surface area contributed by atoms with Gasteiger partial charge in [-0.05, 0) is 38.5 Å². The fourth-order valence-corrected chi connectivity index (χ4v) is 2.67. The Balaban J connectivity index is 1.97. The summed E-state index contributed by atoms with van der Waals surface area (Å²) in [7, 11) is 0. The first kappa shape index (κ1) is 9.87. The summed E-state index contributed by atoms with van der Waals surface area (Å²) in [6.07, 6.45) is 7.09. The van der Waals surface area contributed by atoms with Crippen LogP contribution in [0.4, 0.5) is 11.8 Å². The van der Waals surface area contributed by atoms with Crippen LogP contribution >= 0.6 is 0 Å². The molecule has 0 aromatic carbocycles. The van der Waals surface area contributed by atoms with Crippen LogP contribution < -0.4 is 10.6 Å². The Labute approximate surface area is 95.9 Å². The summed E-state index contributed by atoms with van der Waals surface area (Å²) in [5.74, 6) is 1.57. The second-order valence-electron chi connectivity index (χ2n) is 4.74. The van der Waals surface area contributed by atoms with Gasteiger partial charge in [0, 0.05) is 18.7 Å². The van der Waals surface area contributed by atoms with Crippen molar-refractivity contribution in [2.75, 3.05) is 23.7 Å². The molecule has 16 heavy (non-hydrogen) atoms. The summed E-state index contributed by atoms with van der Waals surface area (Å²) in [5, 5.41) is 0. The molecule has 1 aromatic rings. The lowest BCUT2D eigenvalue weighted by Crippen LogP contribution is -2.23. The van der Waals surface area contributed by atoms with Crippen LogP contribution in [0.25, 0.3) is 0 Å². The molecule has 0 atom stereocenters. The van der Waals surface area contributed by atoms with Gasteiger partial charge in [0.1, 0.15) is 5.82 Å². The minimum Gasteiger partial charge on any atom is -0.383 e. The van der Waals surface area contributed by atoms with Gasteiger partial charge >= 0.3 is 0 Å². The molecule has 0 radical (unpaired) electrons. The molecule has 0 unspecified atom stereocenters. The number of nitrogens with zero attached hydrogens (tertiary/aromatic N) is 3. The molecule has 2 heterocycles. The predicted molar refractivity (Wildman–Crippen MR) is 64.5 cm³/mol. The molecular formula is C12H18N4. The van der Waals surface area contributed by atoms with Crippen molar-refractivity contribution in [2.24, 2.45) is 0 Å². The standard InChI is InChI=1S/C12H18N4/c13-11-9-5-1-2-6-10(9)14-12(15-11)16-7-3-4-8-16/h1-8H2,(H2,13,14,15). The van der Waals surface area contributed by atoms with E-state index >= 15 is 0 Å². The molecule has 2 aliphatic rings. The van der Waals surface area contributed by atoms with Gasteiger partial charge in [-0.15, -0.1) is 0 Å². The van der Waals surface area contributed by atoms with Crippen LogP contribution in [0.15, 0.2) is 0 Å². The summed E-state index contributed by atoms with van der Waals surface area (Å²) in [6, 6.07) is 0. The average molecular weight is 218 g/mol. The highest BCUT2D eigenvalue weighted by Gasteiger charge is 2.20. The molecule has 0 saturated carbocycles. The second kappa shape index (κ2) is 3.92. The molecule has 0 amide bonds. The number of fused-ring (bicyclic) bond motifs is 1. The number of hydrogen-bond acceptors (Lipinski definition) is 4. The monoisotopic (exact) mass is 218 g/mol. The zero-order chi connectivity index (χ0) is 11.0. The van der Waals surface area contributed by atoms with E-state index in [1.165, 1.54) is 36.9 Å².